The molecule has 1 aliphatic heterocycles. The van der Waals surface area contributed by atoms with Gasteiger partial charge in [-0.25, -0.2) is 14.6 Å². The molecule has 0 bridgehead atoms. The second kappa shape index (κ2) is 10.7. The normalized spacial score (nSPS) is 18.5. The number of esters is 2. The summed E-state index contributed by atoms with van der Waals surface area (Å²) in [5, 5.41) is 7.12. The van der Waals surface area contributed by atoms with Crippen LogP contribution < -0.4 is 11.1 Å². The van der Waals surface area contributed by atoms with Crippen LogP contribution in [0.2, 0.25) is 0 Å². The van der Waals surface area contributed by atoms with Crippen molar-refractivity contribution in [3.8, 4) is 0 Å². The summed E-state index contributed by atoms with van der Waals surface area (Å²) >= 11 is 0.943. The molecule has 1 aliphatic rings. The monoisotopic (exact) mass is 517 g/mol. The molecule has 2 unspecified atom stereocenters. The van der Waals surface area contributed by atoms with E-state index in [1.807, 2.05) is 0 Å². The fourth-order valence-corrected chi connectivity index (χ4v) is 3.85. The van der Waals surface area contributed by atoms with Gasteiger partial charge in [-0.1, -0.05) is 5.16 Å². The van der Waals surface area contributed by atoms with Crippen LogP contribution in [0.5, 0.6) is 0 Å². The van der Waals surface area contributed by atoms with E-state index in [4.69, 9.17) is 15.1 Å². The Hall–Kier alpha value is -2.31. The van der Waals surface area contributed by atoms with Crippen LogP contribution >= 0.6 is 11.3 Å². The van der Waals surface area contributed by atoms with Gasteiger partial charge in [0.05, 0.1) is 14.2 Å². The number of nitrogens with zero attached hydrogens (tertiary/aromatic N) is 3. The van der Waals surface area contributed by atoms with Crippen molar-refractivity contribution < 1.29 is 46.5 Å². The van der Waals surface area contributed by atoms with E-state index >= 15 is 0 Å². The van der Waals surface area contributed by atoms with Crippen LogP contribution in [0.25, 0.3) is 0 Å². The van der Waals surface area contributed by atoms with E-state index in [1.54, 1.807) is 0 Å². The zero-order chi connectivity index (χ0) is 24.4. The Labute approximate surface area is 213 Å². The summed E-state index contributed by atoms with van der Waals surface area (Å²) in [6.07, 6.45) is 0. The van der Waals surface area contributed by atoms with E-state index in [-0.39, 0.29) is 44.7 Å². The predicted molar refractivity (Wildman–Crippen MR) is 114 cm³/mol. The fourth-order valence-electron chi connectivity index (χ4n) is 2.47. The molecule has 2 rings (SSSR count). The van der Waals surface area contributed by atoms with Gasteiger partial charge in [0.1, 0.15) is 11.7 Å². The van der Waals surface area contributed by atoms with Gasteiger partial charge in [0.25, 0.3) is 11.8 Å². The topological polar surface area (TPSA) is 217 Å². The molecule has 1 saturated heterocycles. The summed E-state index contributed by atoms with van der Waals surface area (Å²) in [5.74, 6) is -4.46. The van der Waals surface area contributed by atoms with E-state index in [9.17, 15) is 27.6 Å². The average Bonchev–Trinajstić information content (AvgIpc) is 3.13. The second-order valence-electron chi connectivity index (χ2n) is 6.64. The van der Waals surface area contributed by atoms with Gasteiger partial charge in [0.2, 0.25) is 5.60 Å². The summed E-state index contributed by atoms with van der Waals surface area (Å²) < 4.78 is 40.8. The summed E-state index contributed by atoms with van der Waals surface area (Å²) in [4.78, 5) is 57.7. The summed E-state index contributed by atoms with van der Waals surface area (Å²) in [6.45, 7) is 2.61. The van der Waals surface area contributed by atoms with Crippen molar-refractivity contribution in [3.63, 3.8) is 0 Å². The van der Waals surface area contributed by atoms with Crippen LogP contribution in [0, 0.1) is 0 Å². The minimum atomic E-state index is -5.10. The SMILES string of the molecule is COC(=O)C1C(NC(=O)/C(=N\OC(C)(C)C(=O)OC)c2csc(N)n2)C(=O)N1S(=O)(=O)O.[NaH]. The number of β-lactam (4-membered cyclic amide) rings is 1. The maximum absolute atomic E-state index is 12.8. The van der Waals surface area contributed by atoms with Crippen molar-refractivity contribution in [3.05, 3.63) is 11.1 Å². The van der Waals surface area contributed by atoms with Crippen molar-refractivity contribution in [1.29, 1.82) is 0 Å². The van der Waals surface area contributed by atoms with Gasteiger partial charge < -0.3 is 25.4 Å². The zero-order valence-electron chi connectivity index (χ0n) is 17.1. The van der Waals surface area contributed by atoms with Crippen molar-refractivity contribution >= 4 is 85.8 Å². The molecule has 2 atom stereocenters. The van der Waals surface area contributed by atoms with Gasteiger partial charge in [-0.2, -0.15) is 12.7 Å². The molecule has 2 amide bonds. The third kappa shape index (κ3) is 6.18. The predicted octanol–water partition coefficient (Wildman–Crippen LogP) is -2.58. The Balaban J connectivity index is 0.00000544. The third-order valence-corrected chi connectivity index (χ3v) is 5.63. The molecule has 0 aliphatic carbocycles. The number of rotatable bonds is 8. The first kappa shape index (κ1) is 28.7. The fraction of sp³-hybridized carbons (Fsp3) is 0.467. The molecule has 4 N–H and O–H groups in total. The number of ether oxygens (including phenoxy) is 2. The number of nitrogens with one attached hydrogen (secondary N) is 1. The van der Waals surface area contributed by atoms with Gasteiger partial charge in [-0.05, 0) is 13.8 Å². The Bertz CT molecular complexity index is 1090. The number of thiazole rings is 1. The van der Waals surface area contributed by atoms with Gasteiger partial charge in [0, 0.05) is 5.38 Å². The molecule has 0 spiro atoms. The van der Waals surface area contributed by atoms with E-state index in [0.717, 1.165) is 25.6 Å². The van der Waals surface area contributed by atoms with Gasteiger partial charge in [-0.3, -0.25) is 14.1 Å². The second-order valence-corrected chi connectivity index (χ2v) is 8.81. The first-order valence-corrected chi connectivity index (χ1v) is 10.8. The number of carbonyl (C=O) groups is 4. The van der Waals surface area contributed by atoms with Crippen molar-refractivity contribution in [2.75, 3.05) is 20.0 Å². The number of nitrogen functional groups attached to an aromatic ring is 1. The van der Waals surface area contributed by atoms with E-state index in [1.165, 1.54) is 19.2 Å². The number of hydrogen-bond donors (Lipinski definition) is 3. The quantitative estimate of drug-likeness (QED) is 0.0809. The molecular formula is C15H20N5NaO10S2. The standard InChI is InChI=1S/C15H19N5O10S2.Na.H/c1-15(2,13(24)29-4)30-19-7(6-5-31-14(16)17-6)10(21)18-8-9(12(23)28-3)20(11(8)22)32(25,26)27;;/h5,8-9H,1-4H3,(H2,16,17)(H,18,21)(H,25,26,27);;/b19-7-;;. The van der Waals surface area contributed by atoms with Crippen LogP contribution in [0.3, 0.4) is 0 Å². The molecule has 33 heavy (non-hydrogen) atoms. The first-order valence-electron chi connectivity index (χ1n) is 8.50. The average molecular weight is 517 g/mol. The summed E-state index contributed by atoms with van der Waals surface area (Å²) in [7, 11) is -3.07. The van der Waals surface area contributed by atoms with E-state index in [2.05, 4.69) is 24.9 Å². The summed E-state index contributed by atoms with van der Waals surface area (Å²) in [5.41, 5.74) is 3.30. The van der Waals surface area contributed by atoms with Crippen LogP contribution in [-0.2, 0) is 43.8 Å². The summed E-state index contributed by atoms with van der Waals surface area (Å²) in [6, 6.07) is -3.58. The molecule has 1 aromatic rings. The number of oxime groups is 1. The van der Waals surface area contributed by atoms with Crippen LogP contribution in [0.1, 0.15) is 19.5 Å². The maximum atomic E-state index is 12.8. The van der Waals surface area contributed by atoms with Crippen molar-refractivity contribution in [1.82, 2.24) is 14.6 Å². The molecule has 1 fully saturated rings. The molecule has 18 heteroatoms. The van der Waals surface area contributed by atoms with Crippen LogP contribution in [-0.4, -0.2) is 113 Å². The van der Waals surface area contributed by atoms with Gasteiger partial charge >= 0.3 is 51.8 Å². The van der Waals surface area contributed by atoms with Gasteiger partial charge in [-0.15, -0.1) is 11.3 Å². The molecule has 0 radical (unpaired) electrons. The Morgan fingerprint density at radius 1 is 1.30 bits per heavy atom. The minimum absolute atomic E-state index is 0. The number of anilines is 1. The molecular weight excluding hydrogens is 497 g/mol. The van der Waals surface area contributed by atoms with Crippen molar-refractivity contribution in [2.45, 2.75) is 31.5 Å². The van der Waals surface area contributed by atoms with E-state index < -0.39 is 57.5 Å². The number of nitrogens with two attached hydrogens (primary N) is 1. The first-order chi connectivity index (χ1) is 14.7. The zero-order valence-corrected chi connectivity index (χ0v) is 18.7. The van der Waals surface area contributed by atoms with Crippen molar-refractivity contribution in [2.24, 2.45) is 5.16 Å². The number of hydrogen-bond acceptors (Lipinski definition) is 13. The third-order valence-electron chi connectivity index (χ3n) is 4.05. The molecule has 0 saturated carbocycles. The number of carbonyl (C=O) groups excluding carboxylic acids is 4. The Morgan fingerprint density at radius 2 is 1.91 bits per heavy atom. The van der Waals surface area contributed by atoms with Gasteiger partial charge in [0.15, 0.2) is 16.9 Å². The number of amides is 2. The van der Waals surface area contributed by atoms with Crippen LogP contribution in [0.15, 0.2) is 10.5 Å². The molecule has 15 nitrogen and oxygen atoms in total. The van der Waals surface area contributed by atoms with Crippen LogP contribution in [0.4, 0.5) is 5.13 Å². The Kier molecular flexibility index (Phi) is 9.35. The Morgan fingerprint density at radius 3 is 2.36 bits per heavy atom. The molecule has 1 aromatic heterocycles. The molecule has 0 aromatic carbocycles. The van der Waals surface area contributed by atoms with E-state index in [0.29, 0.717) is 0 Å². The number of methoxy groups -OCH3 is 2. The number of aromatic nitrogens is 1. The molecule has 178 valence electrons. The molecule has 2 heterocycles.